The lowest BCUT2D eigenvalue weighted by atomic mass is 10.1. The van der Waals surface area contributed by atoms with E-state index in [0.29, 0.717) is 19.0 Å². The zero-order valence-corrected chi connectivity index (χ0v) is 15.3. The summed E-state index contributed by atoms with van der Waals surface area (Å²) in [6.07, 6.45) is 3.22. The van der Waals surface area contributed by atoms with Crippen LogP contribution in [0.2, 0.25) is 0 Å². The highest BCUT2D eigenvalue weighted by atomic mass is 127. The fourth-order valence-electron chi connectivity index (χ4n) is 2.44. The first-order valence-corrected chi connectivity index (χ1v) is 7.48. The Morgan fingerprint density at radius 2 is 2.00 bits per heavy atom. The Hall–Kier alpha value is -0.570. The zero-order valence-electron chi connectivity index (χ0n) is 12.9. The van der Waals surface area contributed by atoms with Crippen LogP contribution in [-0.2, 0) is 9.53 Å². The van der Waals surface area contributed by atoms with Crippen molar-refractivity contribution in [1.82, 2.24) is 15.5 Å². The SMILES string of the molecule is CN=C(NCCNC(=O)C1CC1)N(C)CC1CCOC1.I. The third kappa shape index (κ3) is 6.37. The first-order valence-electron chi connectivity index (χ1n) is 7.48. The summed E-state index contributed by atoms with van der Waals surface area (Å²) in [6, 6.07) is 0. The number of carbonyl (C=O) groups is 1. The summed E-state index contributed by atoms with van der Waals surface area (Å²) in [5.41, 5.74) is 0. The van der Waals surface area contributed by atoms with Gasteiger partial charge in [-0.15, -0.1) is 24.0 Å². The van der Waals surface area contributed by atoms with Gasteiger partial charge in [-0.25, -0.2) is 0 Å². The number of hydrogen-bond acceptors (Lipinski definition) is 3. The van der Waals surface area contributed by atoms with Gasteiger partial charge in [0.2, 0.25) is 5.91 Å². The Kier molecular flexibility index (Phi) is 8.31. The highest BCUT2D eigenvalue weighted by molar-refractivity contribution is 14.0. The van der Waals surface area contributed by atoms with Gasteiger partial charge in [0.25, 0.3) is 0 Å². The molecule has 0 bridgehead atoms. The van der Waals surface area contributed by atoms with Gasteiger partial charge in [0, 0.05) is 52.2 Å². The van der Waals surface area contributed by atoms with Crippen LogP contribution in [0.5, 0.6) is 0 Å². The van der Waals surface area contributed by atoms with E-state index in [-0.39, 0.29) is 35.8 Å². The van der Waals surface area contributed by atoms with E-state index in [1.165, 1.54) is 0 Å². The molecular formula is C14H27IN4O2. The first kappa shape index (κ1) is 18.5. The van der Waals surface area contributed by atoms with Crippen molar-refractivity contribution in [2.45, 2.75) is 19.3 Å². The van der Waals surface area contributed by atoms with Crippen LogP contribution >= 0.6 is 24.0 Å². The lowest BCUT2D eigenvalue weighted by Crippen LogP contribution is -2.44. The molecule has 2 aliphatic rings. The Morgan fingerprint density at radius 1 is 1.29 bits per heavy atom. The van der Waals surface area contributed by atoms with Crippen molar-refractivity contribution in [3.05, 3.63) is 0 Å². The molecule has 7 heteroatoms. The van der Waals surface area contributed by atoms with E-state index >= 15 is 0 Å². The van der Waals surface area contributed by atoms with Gasteiger partial charge < -0.3 is 20.3 Å². The third-order valence-electron chi connectivity index (χ3n) is 3.78. The van der Waals surface area contributed by atoms with Crippen LogP contribution in [0.25, 0.3) is 0 Å². The lowest BCUT2D eigenvalue weighted by Gasteiger charge is -2.24. The number of carbonyl (C=O) groups excluding carboxylic acids is 1. The molecule has 21 heavy (non-hydrogen) atoms. The maximum atomic E-state index is 11.5. The smallest absolute Gasteiger partial charge is 0.223 e. The molecule has 0 aromatic rings. The van der Waals surface area contributed by atoms with Crippen LogP contribution in [0.3, 0.4) is 0 Å². The van der Waals surface area contributed by atoms with Gasteiger partial charge in [0.05, 0.1) is 6.61 Å². The highest BCUT2D eigenvalue weighted by Crippen LogP contribution is 2.28. The fourth-order valence-corrected chi connectivity index (χ4v) is 2.44. The second-order valence-electron chi connectivity index (χ2n) is 5.65. The monoisotopic (exact) mass is 410 g/mol. The largest absolute Gasteiger partial charge is 0.381 e. The minimum Gasteiger partial charge on any atom is -0.381 e. The number of nitrogens with zero attached hydrogens (tertiary/aromatic N) is 2. The standard InChI is InChI=1S/C14H26N4O2.HI/c1-15-14(18(2)9-11-5-8-20-10-11)17-7-6-16-13(19)12-3-4-12;/h11-12H,3-10H2,1-2H3,(H,15,17)(H,16,19);1H. The van der Waals surface area contributed by atoms with E-state index in [0.717, 1.165) is 45.0 Å². The van der Waals surface area contributed by atoms with Crippen molar-refractivity contribution in [2.24, 2.45) is 16.8 Å². The number of halogens is 1. The molecule has 1 aliphatic carbocycles. The van der Waals surface area contributed by atoms with Crippen LogP contribution in [-0.4, -0.2) is 63.7 Å². The molecule has 0 aromatic carbocycles. The van der Waals surface area contributed by atoms with Crippen LogP contribution in [0.1, 0.15) is 19.3 Å². The number of hydrogen-bond donors (Lipinski definition) is 2. The third-order valence-corrected chi connectivity index (χ3v) is 3.78. The van der Waals surface area contributed by atoms with Crippen LogP contribution in [0.4, 0.5) is 0 Å². The van der Waals surface area contributed by atoms with Gasteiger partial charge in [-0.3, -0.25) is 9.79 Å². The summed E-state index contributed by atoms with van der Waals surface area (Å²) in [5, 5.41) is 6.22. The molecule has 0 aromatic heterocycles. The number of amides is 1. The Bertz CT molecular complexity index is 355. The molecule has 2 N–H and O–H groups in total. The van der Waals surface area contributed by atoms with Gasteiger partial charge in [-0.1, -0.05) is 0 Å². The normalized spacial score (nSPS) is 21.6. The topological polar surface area (TPSA) is 66.0 Å². The first-order chi connectivity index (χ1) is 9.70. The van der Waals surface area contributed by atoms with Crippen LogP contribution < -0.4 is 10.6 Å². The van der Waals surface area contributed by atoms with Crippen molar-refractivity contribution in [2.75, 3.05) is 46.9 Å². The summed E-state index contributed by atoms with van der Waals surface area (Å²) in [7, 11) is 3.82. The van der Waals surface area contributed by atoms with Crippen molar-refractivity contribution in [1.29, 1.82) is 0 Å². The van der Waals surface area contributed by atoms with E-state index < -0.39 is 0 Å². The predicted molar refractivity (Wildman–Crippen MR) is 94.1 cm³/mol. The van der Waals surface area contributed by atoms with Crippen molar-refractivity contribution >= 4 is 35.8 Å². The molecule has 1 saturated heterocycles. The molecule has 0 spiro atoms. The molecule has 122 valence electrons. The molecule has 1 heterocycles. The van der Waals surface area contributed by atoms with Crippen LogP contribution in [0.15, 0.2) is 4.99 Å². The van der Waals surface area contributed by atoms with Gasteiger partial charge in [-0.2, -0.15) is 0 Å². The molecule has 0 radical (unpaired) electrons. The summed E-state index contributed by atoms with van der Waals surface area (Å²) >= 11 is 0. The molecular weight excluding hydrogens is 383 g/mol. The van der Waals surface area contributed by atoms with E-state index in [1.54, 1.807) is 7.05 Å². The second kappa shape index (κ2) is 9.45. The van der Waals surface area contributed by atoms with E-state index in [2.05, 4.69) is 20.5 Å². The summed E-state index contributed by atoms with van der Waals surface area (Å²) in [4.78, 5) is 17.9. The predicted octanol–water partition coefficient (Wildman–Crippen LogP) is 0.674. The minimum absolute atomic E-state index is 0. The quantitative estimate of drug-likeness (QED) is 0.293. The van der Waals surface area contributed by atoms with Gasteiger partial charge in [0.1, 0.15) is 0 Å². The number of rotatable bonds is 6. The van der Waals surface area contributed by atoms with E-state index in [9.17, 15) is 4.79 Å². The zero-order chi connectivity index (χ0) is 14.4. The maximum absolute atomic E-state index is 11.5. The number of nitrogens with one attached hydrogen (secondary N) is 2. The molecule has 1 aliphatic heterocycles. The molecule has 1 saturated carbocycles. The fraction of sp³-hybridized carbons (Fsp3) is 0.857. The Morgan fingerprint density at radius 3 is 2.57 bits per heavy atom. The van der Waals surface area contributed by atoms with E-state index in [4.69, 9.17) is 4.74 Å². The second-order valence-corrected chi connectivity index (χ2v) is 5.65. The van der Waals surface area contributed by atoms with Gasteiger partial charge in [0.15, 0.2) is 5.96 Å². The summed E-state index contributed by atoms with van der Waals surface area (Å²) < 4.78 is 5.39. The molecule has 2 fully saturated rings. The molecule has 1 unspecified atom stereocenters. The highest BCUT2D eigenvalue weighted by Gasteiger charge is 2.29. The Balaban J connectivity index is 0.00000220. The average molecular weight is 410 g/mol. The van der Waals surface area contributed by atoms with E-state index in [1.807, 2.05) is 7.05 Å². The number of ether oxygens (including phenoxy) is 1. The van der Waals surface area contributed by atoms with Crippen LogP contribution in [0, 0.1) is 11.8 Å². The minimum atomic E-state index is 0. The van der Waals surface area contributed by atoms with Crippen molar-refractivity contribution in [3.8, 4) is 0 Å². The number of aliphatic imine (C=N–C) groups is 1. The molecule has 1 amide bonds. The van der Waals surface area contributed by atoms with Gasteiger partial charge >= 0.3 is 0 Å². The lowest BCUT2D eigenvalue weighted by molar-refractivity contribution is -0.122. The Labute approximate surface area is 144 Å². The molecule has 6 nitrogen and oxygen atoms in total. The van der Waals surface area contributed by atoms with Crippen molar-refractivity contribution < 1.29 is 9.53 Å². The summed E-state index contributed by atoms with van der Waals surface area (Å²) in [6.45, 7) is 4.02. The molecule has 1 atom stereocenters. The number of guanidine groups is 1. The maximum Gasteiger partial charge on any atom is 0.223 e. The van der Waals surface area contributed by atoms with Gasteiger partial charge in [-0.05, 0) is 19.3 Å². The average Bonchev–Trinajstić information content (AvgIpc) is 3.17. The van der Waals surface area contributed by atoms with Crippen molar-refractivity contribution in [3.63, 3.8) is 0 Å². The molecule has 2 rings (SSSR count). The summed E-state index contributed by atoms with van der Waals surface area (Å²) in [5.74, 6) is 1.93.